The van der Waals surface area contributed by atoms with E-state index >= 15 is 0 Å². The first-order valence-electron chi connectivity index (χ1n) is 6.33. The summed E-state index contributed by atoms with van der Waals surface area (Å²) in [4.78, 5) is 29.8. The average Bonchev–Trinajstić information content (AvgIpc) is 3.10. The molecule has 0 amide bonds. The number of nitrogens with zero attached hydrogens (tertiary/aromatic N) is 2. The second-order valence-corrected chi connectivity index (χ2v) is 6.55. The van der Waals surface area contributed by atoms with Crippen LogP contribution in [-0.2, 0) is 0 Å². The number of furan rings is 1. The van der Waals surface area contributed by atoms with Gasteiger partial charge in [-0.25, -0.2) is 9.38 Å². The quantitative estimate of drug-likeness (QED) is 0.512. The van der Waals surface area contributed by atoms with Gasteiger partial charge >= 0.3 is 0 Å². The average molecular weight is 375 g/mol. The Morgan fingerprint density at radius 2 is 2.09 bits per heavy atom. The summed E-state index contributed by atoms with van der Waals surface area (Å²) in [6.45, 7) is 0. The Morgan fingerprint density at radius 3 is 2.86 bits per heavy atom. The zero-order valence-corrected chi connectivity index (χ0v) is 13.3. The Bertz CT molecular complexity index is 1180. The molecule has 0 N–H and O–H groups in total. The molecule has 0 aliphatic carbocycles. The van der Waals surface area contributed by atoms with Crippen molar-refractivity contribution in [2.24, 2.45) is 0 Å². The summed E-state index contributed by atoms with van der Waals surface area (Å²) >= 11 is 4.49. The number of hydrogen-bond donors (Lipinski definition) is 0. The molecule has 0 saturated carbocycles. The Morgan fingerprint density at radius 1 is 1.23 bits per heavy atom. The van der Waals surface area contributed by atoms with Gasteiger partial charge in [-0.2, -0.15) is 0 Å². The standard InChI is InChI=1S/C15H7BrN2O3S/c16-8-3-4-11-10(6-8)13(19)18-14(20)12(22-15(18)17-11)7-9-2-1-5-21-9/h1-7H/b12-7-. The lowest BCUT2D eigenvalue weighted by Gasteiger charge is -1.97. The molecule has 22 heavy (non-hydrogen) atoms. The van der Waals surface area contributed by atoms with Gasteiger partial charge in [-0.3, -0.25) is 9.59 Å². The van der Waals surface area contributed by atoms with Gasteiger partial charge in [0.25, 0.3) is 11.1 Å². The van der Waals surface area contributed by atoms with Gasteiger partial charge in [-0.15, -0.1) is 0 Å². The highest BCUT2D eigenvalue weighted by Crippen LogP contribution is 2.16. The summed E-state index contributed by atoms with van der Waals surface area (Å²) in [5.74, 6) is 0.559. The van der Waals surface area contributed by atoms with Crippen molar-refractivity contribution in [1.82, 2.24) is 9.38 Å². The first-order chi connectivity index (χ1) is 10.6. The van der Waals surface area contributed by atoms with Crippen molar-refractivity contribution in [3.05, 3.63) is 72.1 Å². The van der Waals surface area contributed by atoms with E-state index in [2.05, 4.69) is 20.9 Å². The first-order valence-corrected chi connectivity index (χ1v) is 7.94. The number of halogens is 1. The lowest BCUT2D eigenvalue weighted by atomic mass is 10.2. The van der Waals surface area contributed by atoms with E-state index in [1.807, 2.05) is 6.07 Å². The molecule has 3 aromatic heterocycles. The van der Waals surface area contributed by atoms with Gasteiger partial charge in [0.2, 0.25) is 4.96 Å². The van der Waals surface area contributed by atoms with E-state index in [1.54, 1.807) is 30.3 Å². The van der Waals surface area contributed by atoms with Crippen LogP contribution in [0.1, 0.15) is 5.76 Å². The minimum atomic E-state index is -0.379. The summed E-state index contributed by atoms with van der Waals surface area (Å²) in [6.07, 6.45) is 3.14. The van der Waals surface area contributed by atoms with Crippen LogP contribution in [0.2, 0.25) is 0 Å². The summed E-state index contributed by atoms with van der Waals surface area (Å²) in [5, 5.41) is 0.409. The summed E-state index contributed by atoms with van der Waals surface area (Å²) in [5.41, 5.74) is -0.170. The molecule has 5 nitrogen and oxygen atoms in total. The van der Waals surface area contributed by atoms with Crippen molar-refractivity contribution < 1.29 is 4.42 Å². The number of benzene rings is 1. The van der Waals surface area contributed by atoms with Crippen molar-refractivity contribution in [2.75, 3.05) is 0 Å². The molecule has 4 rings (SSSR count). The van der Waals surface area contributed by atoms with Gasteiger partial charge in [0, 0.05) is 10.5 Å². The summed E-state index contributed by atoms with van der Waals surface area (Å²) in [7, 11) is 0. The highest BCUT2D eigenvalue weighted by Gasteiger charge is 2.12. The molecule has 0 atom stereocenters. The maximum absolute atomic E-state index is 12.5. The smallest absolute Gasteiger partial charge is 0.277 e. The predicted molar refractivity (Wildman–Crippen MR) is 88.3 cm³/mol. The van der Waals surface area contributed by atoms with Crippen molar-refractivity contribution in [2.45, 2.75) is 0 Å². The van der Waals surface area contributed by atoms with Crippen molar-refractivity contribution in [1.29, 1.82) is 0 Å². The third kappa shape index (κ3) is 2.01. The van der Waals surface area contributed by atoms with Crippen LogP contribution in [0.3, 0.4) is 0 Å². The molecule has 1 aromatic carbocycles. The van der Waals surface area contributed by atoms with Crippen LogP contribution in [0.4, 0.5) is 0 Å². The third-order valence-electron chi connectivity index (χ3n) is 3.23. The normalized spacial score (nSPS) is 12.5. The van der Waals surface area contributed by atoms with Crippen LogP contribution in [0.15, 0.2) is 55.1 Å². The molecule has 0 spiro atoms. The molecule has 0 radical (unpaired) electrons. The van der Waals surface area contributed by atoms with Gasteiger partial charge in [0.15, 0.2) is 0 Å². The van der Waals surface area contributed by atoms with E-state index in [1.165, 1.54) is 17.6 Å². The maximum Gasteiger partial charge on any atom is 0.277 e. The topological polar surface area (TPSA) is 64.6 Å². The fourth-order valence-corrected chi connectivity index (χ4v) is 3.54. The molecule has 3 heterocycles. The van der Waals surface area contributed by atoms with Gasteiger partial charge in [-0.05, 0) is 30.3 Å². The molecule has 0 aliphatic heterocycles. The van der Waals surface area contributed by atoms with Gasteiger partial charge in [0.1, 0.15) is 10.3 Å². The molecule has 4 aromatic rings. The first kappa shape index (κ1) is 13.4. The van der Waals surface area contributed by atoms with Crippen LogP contribution in [0, 0.1) is 0 Å². The lowest BCUT2D eigenvalue weighted by molar-refractivity contribution is 0.556. The molecule has 0 bridgehead atoms. The number of hydrogen-bond acceptors (Lipinski definition) is 5. The molecule has 0 saturated heterocycles. The molecule has 108 valence electrons. The molecular weight excluding hydrogens is 368 g/mol. The van der Waals surface area contributed by atoms with Crippen molar-refractivity contribution in [3.8, 4) is 0 Å². The van der Waals surface area contributed by atoms with Gasteiger partial charge < -0.3 is 4.42 Å². The Kier molecular flexibility index (Phi) is 2.98. The summed E-state index contributed by atoms with van der Waals surface area (Å²) in [6, 6.07) is 8.71. The fourth-order valence-electron chi connectivity index (χ4n) is 2.23. The second kappa shape index (κ2) is 4.89. The monoisotopic (exact) mass is 374 g/mol. The highest BCUT2D eigenvalue weighted by atomic mass is 79.9. The Balaban J connectivity index is 2.15. The predicted octanol–water partition coefficient (Wildman–Crippen LogP) is 2.17. The largest absolute Gasteiger partial charge is 0.465 e. The zero-order valence-electron chi connectivity index (χ0n) is 10.9. The van der Waals surface area contributed by atoms with Gasteiger partial charge in [-0.1, -0.05) is 27.3 Å². The fraction of sp³-hybridized carbons (Fsp3) is 0. The highest BCUT2D eigenvalue weighted by molar-refractivity contribution is 9.10. The van der Waals surface area contributed by atoms with Crippen LogP contribution < -0.4 is 15.7 Å². The van der Waals surface area contributed by atoms with Crippen molar-refractivity contribution in [3.63, 3.8) is 0 Å². The van der Waals surface area contributed by atoms with E-state index in [-0.39, 0.29) is 11.1 Å². The van der Waals surface area contributed by atoms with E-state index in [9.17, 15) is 9.59 Å². The Hall–Kier alpha value is -2.25. The SMILES string of the molecule is O=c1/c(=C/c2ccco2)sc2nc3ccc(Br)cc3c(=O)n12. The van der Waals surface area contributed by atoms with E-state index < -0.39 is 0 Å². The van der Waals surface area contributed by atoms with Crippen molar-refractivity contribution >= 4 is 49.2 Å². The van der Waals surface area contributed by atoms with Crippen LogP contribution in [0.25, 0.3) is 21.9 Å². The third-order valence-corrected chi connectivity index (χ3v) is 4.69. The molecule has 7 heteroatoms. The van der Waals surface area contributed by atoms with Crippen LogP contribution in [0.5, 0.6) is 0 Å². The number of thiazole rings is 1. The van der Waals surface area contributed by atoms with Gasteiger partial charge in [0.05, 0.1) is 17.2 Å². The maximum atomic E-state index is 12.5. The van der Waals surface area contributed by atoms with Crippen LogP contribution >= 0.6 is 27.3 Å². The lowest BCUT2D eigenvalue weighted by Crippen LogP contribution is -2.31. The zero-order chi connectivity index (χ0) is 15.3. The molecule has 0 aliphatic rings. The number of fused-ring (bicyclic) bond motifs is 2. The number of aromatic nitrogens is 2. The minimum Gasteiger partial charge on any atom is -0.465 e. The van der Waals surface area contributed by atoms with E-state index in [4.69, 9.17) is 4.42 Å². The molecule has 0 unspecified atom stereocenters. The Labute approximate surface area is 135 Å². The number of rotatable bonds is 1. The van der Waals surface area contributed by atoms with Crippen LogP contribution in [-0.4, -0.2) is 9.38 Å². The molecular formula is C15H7BrN2O3S. The summed E-state index contributed by atoms with van der Waals surface area (Å²) < 4.78 is 7.49. The molecule has 0 fully saturated rings. The van der Waals surface area contributed by atoms with E-state index in [0.29, 0.717) is 26.2 Å². The second-order valence-electron chi connectivity index (χ2n) is 4.63. The minimum absolute atomic E-state index is 0.360. The van der Waals surface area contributed by atoms with E-state index in [0.717, 1.165) is 8.87 Å².